The van der Waals surface area contributed by atoms with Crippen molar-refractivity contribution in [1.82, 2.24) is 30.1 Å². The van der Waals surface area contributed by atoms with Gasteiger partial charge in [0.15, 0.2) is 17.3 Å². The average Bonchev–Trinajstić information content (AvgIpc) is 3.19. The smallest absolute Gasteiger partial charge is 0.443 e. The molecule has 2 fully saturated rings. The zero-order chi connectivity index (χ0) is 26.4. The molecule has 2 aliphatic rings. The van der Waals surface area contributed by atoms with Gasteiger partial charge in [-0.25, -0.2) is 18.7 Å². The minimum absolute atomic E-state index is 0.0306. The first-order valence-corrected chi connectivity index (χ1v) is 11.5. The Balaban J connectivity index is 1.29. The van der Waals surface area contributed by atoms with E-state index in [0.29, 0.717) is 18.5 Å². The summed E-state index contributed by atoms with van der Waals surface area (Å²) >= 11 is 0. The van der Waals surface area contributed by atoms with Gasteiger partial charge in [0.1, 0.15) is 30.5 Å². The molecule has 0 spiro atoms. The molecule has 3 aromatic rings. The number of ether oxygens (including phenoxy) is 2. The molecule has 3 N–H and O–H groups in total. The van der Waals surface area contributed by atoms with Gasteiger partial charge in [0.2, 0.25) is 0 Å². The molecule has 3 atom stereocenters. The Morgan fingerprint density at radius 2 is 2.14 bits per heavy atom. The third-order valence-corrected chi connectivity index (χ3v) is 6.41. The number of H-pyrrole nitrogens is 1. The van der Waals surface area contributed by atoms with Crippen molar-refractivity contribution in [2.24, 2.45) is 0 Å². The number of nitriles is 1. The number of carbonyl (C=O) groups excluding carboxylic acids is 1. The molecule has 15 heteroatoms. The fraction of sp³-hybridized carbons (Fsp3) is 0.500. The Labute approximate surface area is 207 Å². The van der Waals surface area contributed by atoms with E-state index in [-0.39, 0.29) is 34.1 Å². The number of nitrogens with one attached hydrogen (secondary N) is 3. The van der Waals surface area contributed by atoms with Crippen LogP contribution < -0.4 is 10.6 Å². The molecule has 11 nitrogen and oxygen atoms in total. The fourth-order valence-electron chi connectivity index (χ4n) is 4.23. The number of fused-ring (bicyclic) bond motifs is 1. The van der Waals surface area contributed by atoms with Gasteiger partial charge in [-0.2, -0.15) is 15.5 Å². The first-order chi connectivity index (χ1) is 17.5. The molecule has 2 aliphatic carbocycles. The Morgan fingerprint density at radius 1 is 1.35 bits per heavy atom. The largest absolute Gasteiger partial charge is 0.522 e. The summed E-state index contributed by atoms with van der Waals surface area (Å²) in [5.41, 5.74) is 0.398. The summed E-state index contributed by atoms with van der Waals surface area (Å²) in [4.78, 5) is 16.2. The van der Waals surface area contributed by atoms with E-state index in [4.69, 9.17) is 4.74 Å². The second-order valence-electron chi connectivity index (χ2n) is 9.38. The van der Waals surface area contributed by atoms with E-state index in [0.717, 1.165) is 12.8 Å². The van der Waals surface area contributed by atoms with Crippen molar-refractivity contribution in [1.29, 1.82) is 5.26 Å². The number of hydrogen-bond acceptors (Lipinski definition) is 8. The van der Waals surface area contributed by atoms with Gasteiger partial charge in [0.25, 0.3) is 0 Å². The van der Waals surface area contributed by atoms with E-state index in [1.165, 1.54) is 16.8 Å². The monoisotopic (exact) mass is 522 g/mol. The number of halogens is 4. The molecular formula is C22H22F4N8O3. The average molecular weight is 522 g/mol. The van der Waals surface area contributed by atoms with Crippen LogP contribution in [0.2, 0.25) is 0 Å². The van der Waals surface area contributed by atoms with Crippen molar-refractivity contribution in [3.05, 3.63) is 35.4 Å². The van der Waals surface area contributed by atoms with Gasteiger partial charge in [-0.05, 0) is 38.7 Å². The Hall–Kier alpha value is -3.93. The highest BCUT2D eigenvalue weighted by Crippen LogP contribution is 2.39. The van der Waals surface area contributed by atoms with Gasteiger partial charge in [0, 0.05) is 23.2 Å². The van der Waals surface area contributed by atoms with Crippen molar-refractivity contribution in [2.75, 3.05) is 5.32 Å². The maximum Gasteiger partial charge on any atom is 0.522 e. The van der Waals surface area contributed by atoms with Gasteiger partial charge >= 0.3 is 12.5 Å². The minimum atomic E-state index is -4.82. The Morgan fingerprint density at radius 3 is 2.84 bits per heavy atom. The van der Waals surface area contributed by atoms with Gasteiger partial charge in [-0.15, -0.1) is 13.2 Å². The molecule has 0 unspecified atom stereocenters. The molecule has 5 rings (SSSR count). The number of alkyl halides is 4. The molecule has 0 aliphatic heterocycles. The summed E-state index contributed by atoms with van der Waals surface area (Å²) in [5.74, 6) is -0.237. The number of nitrogens with zero attached hydrogens (tertiary/aromatic N) is 5. The maximum atomic E-state index is 15.1. The van der Waals surface area contributed by atoms with Crippen LogP contribution in [0.25, 0.3) is 5.52 Å². The van der Waals surface area contributed by atoms with E-state index in [1.54, 1.807) is 6.07 Å². The van der Waals surface area contributed by atoms with Gasteiger partial charge < -0.3 is 15.4 Å². The molecule has 1 amide bonds. The SMILES string of the molecule is CC1(NC(=O)O[C@H]2CC[C@@H](c3cc(Nc4nc(C#N)cn5nc(COC(F)(F)F)cc45)n[nH]3)[C@H]2F)CC1. The molecule has 37 heavy (non-hydrogen) atoms. The number of anilines is 2. The lowest BCUT2D eigenvalue weighted by Crippen LogP contribution is -2.38. The van der Waals surface area contributed by atoms with Crippen molar-refractivity contribution in [3.63, 3.8) is 0 Å². The molecular weight excluding hydrogens is 500 g/mol. The van der Waals surface area contributed by atoms with Crippen LogP contribution in [0, 0.1) is 11.3 Å². The summed E-state index contributed by atoms with van der Waals surface area (Å²) < 4.78 is 62.7. The molecule has 0 radical (unpaired) electrons. The highest BCUT2D eigenvalue weighted by atomic mass is 19.4. The van der Waals surface area contributed by atoms with Crippen LogP contribution in [0.5, 0.6) is 0 Å². The number of rotatable bonds is 7. The summed E-state index contributed by atoms with van der Waals surface area (Å²) in [5, 5.41) is 25.8. The van der Waals surface area contributed by atoms with Crippen LogP contribution in [-0.4, -0.2) is 55.1 Å². The quantitative estimate of drug-likeness (QED) is 0.396. The van der Waals surface area contributed by atoms with Gasteiger partial charge in [-0.3, -0.25) is 9.84 Å². The predicted molar refractivity (Wildman–Crippen MR) is 118 cm³/mol. The Kier molecular flexibility index (Phi) is 6.14. The second-order valence-corrected chi connectivity index (χ2v) is 9.38. The van der Waals surface area contributed by atoms with E-state index in [9.17, 15) is 23.2 Å². The number of aromatic nitrogens is 5. The summed E-state index contributed by atoms with van der Waals surface area (Å²) in [6, 6.07) is 4.75. The molecule has 0 aromatic carbocycles. The van der Waals surface area contributed by atoms with E-state index < -0.39 is 37.3 Å². The van der Waals surface area contributed by atoms with Gasteiger partial charge in [-0.1, -0.05) is 0 Å². The van der Waals surface area contributed by atoms with Crippen LogP contribution in [0.15, 0.2) is 18.3 Å². The molecule has 3 heterocycles. The van der Waals surface area contributed by atoms with Crippen LogP contribution in [0.3, 0.4) is 0 Å². The number of amides is 1. The first kappa shape index (κ1) is 24.8. The third kappa shape index (κ3) is 5.58. The topological polar surface area (TPSA) is 142 Å². The highest BCUT2D eigenvalue weighted by molar-refractivity contribution is 5.73. The second kappa shape index (κ2) is 9.18. The van der Waals surface area contributed by atoms with E-state index >= 15 is 4.39 Å². The van der Waals surface area contributed by atoms with Crippen LogP contribution in [0.4, 0.5) is 34.0 Å². The number of alkyl carbamates (subject to hydrolysis) is 1. The Bertz CT molecular complexity index is 1360. The van der Waals surface area contributed by atoms with Crippen LogP contribution >= 0.6 is 0 Å². The van der Waals surface area contributed by atoms with Crippen molar-refractivity contribution in [2.45, 2.75) is 69.3 Å². The molecule has 196 valence electrons. The number of aromatic amines is 1. The number of carbonyl (C=O) groups is 1. The third-order valence-electron chi connectivity index (χ3n) is 6.41. The lowest BCUT2D eigenvalue weighted by atomic mass is 10.0. The predicted octanol–water partition coefficient (Wildman–Crippen LogP) is 3.97. The lowest BCUT2D eigenvalue weighted by Gasteiger charge is -2.19. The van der Waals surface area contributed by atoms with Crippen LogP contribution in [0.1, 0.15) is 55.6 Å². The summed E-state index contributed by atoms with van der Waals surface area (Å²) in [7, 11) is 0. The summed E-state index contributed by atoms with van der Waals surface area (Å²) in [6.45, 7) is 1.08. The van der Waals surface area contributed by atoms with Crippen LogP contribution in [-0.2, 0) is 16.1 Å². The molecule has 0 saturated heterocycles. The maximum absolute atomic E-state index is 15.1. The zero-order valence-corrected chi connectivity index (χ0v) is 19.5. The molecule has 0 bridgehead atoms. The van der Waals surface area contributed by atoms with Crippen molar-refractivity contribution in [3.8, 4) is 6.07 Å². The highest BCUT2D eigenvalue weighted by Gasteiger charge is 2.43. The van der Waals surface area contributed by atoms with Crippen molar-refractivity contribution < 1.29 is 31.8 Å². The van der Waals surface area contributed by atoms with Gasteiger partial charge in [0.05, 0.1) is 11.9 Å². The fourth-order valence-corrected chi connectivity index (χ4v) is 4.23. The minimum Gasteiger partial charge on any atom is -0.443 e. The van der Waals surface area contributed by atoms with Crippen molar-refractivity contribution >= 4 is 23.2 Å². The molecule has 2 saturated carbocycles. The number of hydrogen-bond donors (Lipinski definition) is 3. The normalized spacial score (nSPS) is 22.5. The van der Waals surface area contributed by atoms with E-state index in [1.807, 2.05) is 13.0 Å². The lowest BCUT2D eigenvalue weighted by molar-refractivity contribution is -0.330. The first-order valence-electron chi connectivity index (χ1n) is 11.5. The summed E-state index contributed by atoms with van der Waals surface area (Å²) in [6.07, 6.45) is -4.02. The zero-order valence-electron chi connectivity index (χ0n) is 19.5. The standard InChI is InChI=1S/C22H22F4N8O3/c1-21(4-5-21)30-20(35)37-16-3-2-13(18(16)23)14-7-17(32-31-14)29-19-15-6-11(10-36-22(24,25)26)33-34(15)9-12(8-27)28-19/h6-7,9,13,16,18H,2-5,10H2,1H3,(H,30,35)(H2,28,29,31,32)/t13-,16-,18+/m0/s1. The van der Waals surface area contributed by atoms with E-state index in [2.05, 4.69) is 35.7 Å². The molecule has 3 aromatic heterocycles.